The third-order valence-electron chi connectivity index (χ3n) is 4.42. The van der Waals surface area contributed by atoms with Crippen molar-refractivity contribution in [3.05, 3.63) is 36.2 Å². The van der Waals surface area contributed by atoms with E-state index in [1.807, 2.05) is 13.0 Å². The van der Waals surface area contributed by atoms with E-state index in [-0.39, 0.29) is 0 Å². The first-order valence-corrected chi connectivity index (χ1v) is 8.44. The van der Waals surface area contributed by atoms with Gasteiger partial charge in [0.25, 0.3) is 0 Å². The Morgan fingerprint density at radius 2 is 2.00 bits per heavy atom. The van der Waals surface area contributed by atoms with Crippen LogP contribution in [0.4, 0.5) is 5.82 Å². The van der Waals surface area contributed by atoms with E-state index >= 15 is 0 Å². The molecule has 23 heavy (non-hydrogen) atoms. The SMILES string of the molecule is CCN(CC)CCCNc1nnc(C)c2c1cc1ccccn12. The van der Waals surface area contributed by atoms with Gasteiger partial charge in [0.05, 0.1) is 11.2 Å². The van der Waals surface area contributed by atoms with Crippen LogP contribution in [0.25, 0.3) is 16.4 Å². The molecule has 3 heterocycles. The van der Waals surface area contributed by atoms with Gasteiger partial charge in [-0.25, -0.2) is 0 Å². The van der Waals surface area contributed by atoms with Crippen LogP contribution in [0.2, 0.25) is 0 Å². The van der Waals surface area contributed by atoms with Gasteiger partial charge in [-0.1, -0.05) is 19.9 Å². The fraction of sp³-hybridized carbons (Fsp3) is 0.444. The molecule has 5 nitrogen and oxygen atoms in total. The fourth-order valence-corrected chi connectivity index (χ4v) is 3.08. The standard InChI is InChI=1S/C18H25N5/c1-4-22(5-2)11-8-10-19-18-16-13-15-9-6-7-12-23(15)17(16)14(3)20-21-18/h6-7,9,12-13H,4-5,8,10-11H2,1-3H3,(H,19,21). The summed E-state index contributed by atoms with van der Waals surface area (Å²) in [5.74, 6) is 0.883. The van der Waals surface area contributed by atoms with E-state index < -0.39 is 0 Å². The van der Waals surface area contributed by atoms with Crippen LogP contribution in [-0.4, -0.2) is 45.7 Å². The van der Waals surface area contributed by atoms with Crippen LogP contribution in [-0.2, 0) is 0 Å². The number of pyridine rings is 1. The molecule has 0 aliphatic heterocycles. The molecule has 0 aliphatic rings. The van der Waals surface area contributed by atoms with E-state index in [0.717, 1.165) is 55.0 Å². The molecule has 0 radical (unpaired) electrons. The minimum absolute atomic E-state index is 0.883. The highest BCUT2D eigenvalue weighted by Crippen LogP contribution is 2.26. The zero-order valence-electron chi connectivity index (χ0n) is 14.2. The van der Waals surface area contributed by atoms with Crippen molar-refractivity contribution in [3.63, 3.8) is 0 Å². The number of anilines is 1. The molecule has 0 aromatic carbocycles. The third-order valence-corrected chi connectivity index (χ3v) is 4.42. The smallest absolute Gasteiger partial charge is 0.158 e. The van der Waals surface area contributed by atoms with Crippen LogP contribution in [0.3, 0.4) is 0 Å². The molecule has 3 aromatic heterocycles. The molecule has 3 aromatic rings. The Balaban J connectivity index is 1.80. The molecule has 0 saturated carbocycles. The lowest BCUT2D eigenvalue weighted by Crippen LogP contribution is -2.25. The van der Waals surface area contributed by atoms with Crippen LogP contribution >= 0.6 is 0 Å². The maximum atomic E-state index is 4.37. The van der Waals surface area contributed by atoms with E-state index in [1.165, 1.54) is 5.52 Å². The summed E-state index contributed by atoms with van der Waals surface area (Å²) in [4.78, 5) is 2.44. The first-order chi connectivity index (χ1) is 11.2. The van der Waals surface area contributed by atoms with Crippen LogP contribution < -0.4 is 5.32 Å². The lowest BCUT2D eigenvalue weighted by Gasteiger charge is -2.17. The van der Waals surface area contributed by atoms with Gasteiger partial charge in [-0.3, -0.25) is 0 Å². The molecular formula is C18H25N5. The van der Waals surface area contributed by atoms with Crippen molar-refractivity contribution in [1.29, 1.82) is 0 Å². The Morgan fingerprint density at radius 1 is 1.17 bits per heavy atom. The topological polar surface area (TPSA) is 45.5 Å². The van der Waals surface area contributed by atoms with E-state index in [4.69, 9.17) is 0 Å². The minimum Gasteiger partial charge on any atom is -0.368 e. The fourth-order valence-electron chi connectivity index (χ4n) is 3.08. The molecule has 0 aliphatic carbocycles. The highest BCUT2D eigenvalue weighted by Gasteiger charge is 2.11. The highest BCUT2D eigenvalue weighted by molar-refractivity contribution is 5.96. The van der Waals surface area contributed by atoms with Crippen LogP contribution in [0.1, 0.15) is 26.0 Å². The van der Waals surface area contributed by atoms with Crippen molar-refractivity contribution < 1.29 is 0 Å². The minimum atomic E-state index is 0.883. The van der Waals surface area contributed by atoms with Gasteiger partial charge < -0.3 is 14.6 Å². The van der Waals surface area contributed by atoms with Crippen LogP contribution in [0.5, 0.6) is 0 Å². The Kier molecular flexibility index (Phi) is 4.76. The van der Waals surface area contributed by atoms with Gasteiger partial charge in [0.2, 0.25) is 0 Å². The van der Waals surface area contributed by atoms with E-state index in [1.54, 1.807) is 0 Å². The molecule has 0 spiro atoms. The summed E-state index contributed by atoms with van der Waals surface area (Å²) in [6.07, 6.45) is 3.18. The van der Waals surface area contributed by atoms with Crippen molar-refractivity contribution in [1.82, 2.24) is 19.5 Å². The average molecular weight is 311 g/mol. The summed E-state index contributed by atoms with van der Waals surface area (Å²) in [5, 5.41) is 13.3. The summed E-state index contributed by atoms with van der Waals surface area (Å²) in [7, 11) is 0. The van der Waals surface area contributed by atoms with Gasteiger partial charge in [-0.2, -0.15) is 5.10 Å². The van der Waals surface area contributed by atoms with Crippen molar-refractivity contribution >= 4 is 22.2 Å². The lowest BCUT2D eigenvalue weighted by molar-refractivity contribution is 0.303. The molecule has 0 bridgehead atoms. The van der Waals surface area contributed by atoms with Crippen LogP contribution in [0.15, 0.2) is 30.5 Å². The number of hydrogen-bond donors (Lipinski definition) is 1. The number of rotatable bonds is 7. The van der Waals surface area contributed by atoms with Gasteiger partial charge in [-0.15, -0.1) is 5.10 Å². The highest BCUT2D eigenvalue weighted by atomic mass is 15.2. The maximum absolute atomic E-state index is 4.37. The van der Waals surface area contributed by atoms with Gasteiger partial charge in [0, 0.05) is 23.6 Å². The van der Waals surface area contributed by atoms with Gasteiger partial charge in [-0.05, 0) is 51.2 Å². The molecule has 1 N–H and O–H groups in total. The van der Waals surface area contributed by atoms with Crippen molar-refractivity contribution in [3.8, 4) is 0 Å². The second-order valence-corrected chi connectivity index (χ2v) is 5.84. The van der Waals surface area contributed by atoms with Crippen LogP contribution in [0, 0.1) is 6.92 Å². The zero-order chi connectivity index (χ0) is 16.2. The zero-order valence-corrected chi connectivity index (χ0v) is 14.2. The summed E-state index contributed by atoms with van der Waals surface area (Å²) in [5.41, 5.74) is 3.27. The molecule has 0 unspecified atom stereocenters. The molecule has 5 heteroatoms. The monoisotopic (exact) mass is 311 g/mol. The Bertz CT molecular complexity index is 789. The van der Waals surface area contributed by atoms with E-state index in [0.29, 0.717) is 0 Å². The molecular weight excluding hydrogens is 286 g/mol. The van der Waals surface area contributed by atoms with Crippen molar-refractivity contribution in [2.24, 2.45) is 0 Å². The summed E-state index contributed by atoms with van der Waals surface area (Å²) in [6.45, 7) is 10.7. The maximum Gasteiger partial charge on any atom is 0.158 e. The Labute approximate surface area is 137 Å². The van der Waals surface area contributed by atoms with Gasteiger partial charge in [0.1, 0.15) is 0 Å². The molecule has 0 amide bonds. The number of aromatic nitrogens is 3. The number of nitrogens with one attached hydrogen (secondary N) is 1. The van der Waals surface area contributed by atoms with Gasteiger partial charge in [0.15, 0.2) is 5.82 Å². The van der Waals surface area contributed by atoms with E-state index in [2.05, 4.69) is 63.1 Å². The molecule has 3 rings (SSSR count). The van der Waals surface area contributed by atoms with Crippen molar-refractivity contribution in [2.45, 2.75) is 27.2 Å². The molecule has 0 atom stereocenters. The molecule has 0 fully saturated rings. The predicted molar refractivity (Wildman–Crippen MR) is 96.1 cm³/mol. The molecule has 0 saturated heterocycles. The normalized spacial score (nSPS) is 11.7. The number of hydrogen-bond acceptors (Lipinski definition) is 4. The summed E-state index contributed by atoms with van der Waals surface area (Å²) >= 11 is 0. The molecule has 122 valence electrons. The van der Waals surface area contributed by atoms with Crippen molar-refractivity contribution in [2.75, 3.05) is 31.5 Å². The Hall–Kier alpha value is -2.14. The first kappa shape index (κ1) is 15.7. The second kappa shape index (κ2) is 6.96. The predicted octanol–water partition coefficient (Wildman–Crippen LogP) is 3.33. The number of fused-ring (bicyclic) bond motifs is 3. The quantitative estimate of drug-likeness (QED) is 0.680. The number of aryl methyl sites for hydroxylation is 1. The van der Waals surface area contributed by atoms with E-state index in [9.17, 15) is 0 Å². The lowest BCUT2D eigenvalue weighted by atomic mass is 10.2. The van der Waals surface area contributed by atoms with Gasteiger partial charge >= 0.3 is 0 Å². The first-order valence-electron chi connectivity index (χ1n) is 8.44. The summed E-state index contributed by atoms with van der Waals surface area (Å²) < 4.78 is 2.18. The average Bonchev–Trinajstić information content (AvgIpc) is 2.97. The third kappa shape index (κ3) is 3.15. The number of nitrogens with zero attached hydrogens (tertiary/aromatic N) is 4. The summed E-state index contributed by atoms with van der Waals surface area (Å²) in [6, 6.07) is 8.40. The largest absolute Gasteiger partial charge is 0.368 e. The Morgan fingerprint density at radius 3 is 2.78 bits per heavy atom. The second-order valence-electron chi connectivity index (χ2n) is 5.84.